The Hall–Kier alpha value is -1.88. The predicted octanol–water partition coefficient (Wildman–Crippen LogP) is 1.33. The molecule has 1 aliphatic heterocycles. The van der Waals surface area contributed by atoms with Gasteiger partial charge in [0, 0.05) is 6.54 Å². The third-order valence-electron chi connectivity index (χ3n) is 3.77. The van der Waals surface area contributed by atoms with Crippen LogP contribution in [0.3, 0.4) is 0 Å². The minimum absolute atomic E-state index is 0.0605. The molecule has 5 nitrogen and oxygen atoms in total. The number of amides is 1. The molecule has 1 fully saturated rings. The number of hydrogen-bond donors (Lipinski definition) is 1. The van der Waals surface area contributed by atoms with Crippen molar-refractivity contribution in [3.63, 3.8) is 0 Å². The van der Waals surface area contributed by atoms with Crippen LogP contribution >= 0.6 is 0 Å². The fraction of sp³-hybridized carbons (Fsp3) is 0.500. The molecule has 2 rings (SSSR count). The summed E-state index contributed by atoms with van der Waals surface area (Å²) in [6.45, 7) is 1.52. The maximum absolute atomic E-state index is 12.0. The summed E-state index contributed by atoms with van der Waals surface area (Å²) in [4.78, 5) is 25.7. The van der Waals surface area contributed by atoms with Crippen molar-refractivity contribution in [1.29, 1.82) is 0 Å². The molecule has 0 spiro atoms. The normalized spacial score (nSPS) is 19.0. The van der Waals surface area contributed by atoms with E-state index in [4.69, 9.17) is 4.74 Å². The van der Waals surface area contributed by atoms with Crippen molar-refractivity contribution in [2.45, 2.75) is 31.8 Å². The van der Waals surface area contributed by atoms with E-state index in [2.05, 4.69) is 5.32 Å². The molecule has 1 unspecified atom stereocenters. The van der Waals surface area contributed by atoms with Gasteiger partial charge in [0.2, 0.25) is 5.91 Å². The molecule has 1 aromatic carbocycles. The quantitative estimate of drug-likeness (QED) is 0.831. The van der Waals surface area contributed by atoms with Crippen LogP contribution in [-0.4, -0.2) is 43.0 Å². The van der Waals surface area contributed by atoms with Gasteiger partial charge >= 0.3 is 5.97 Å². The van der Waals surface area contributed by atoms with Gasteiger partial charge in [-0.3, -0.25) is 14.5 Å². The number of ether oxygens (including phenoxy) is 1. The highest BCUT2D eigenvalue weighted by molar-refractivity contribution is 5.80. The zero-order chi connectivity index (χ0) is 15.1. The van der Waals surface area contributed by atoms with Crippen molar-refractivity contribution in [1.82, 2.24) is 10.2 Å². The Morgan fingerprint density at radius 3 is 2.76 bits per heavy atom. The number of piperidine rings is 1. The van der Waals surface area contributed by atoms with Crippen LogP contribution in [0.25, 0.3) is 0 Å². The third kappa shape index (κ3) is 4.56. The largest absolute Gasteiger partial charge is 0.468 e. The zero-order valence-electron chi connectivity index (χ0n) is 12.4. The van der Waals surface area contributed by atoms with Crippen LogP contribution in [0.15, 0.2) is 30.3 Å². The monoisotopic (exact) mass is 290 g/mol. The van der Waals surface area contributed by atoms with E-state index < -0.39 is 0 Å². The molecule has 21 heavy (non-hydrogen) atoms. The first-order valence-corrected chi connectivity index (χ1v) is 7.33. The Morgan fingerprint density at radius 1 is 1.29 bits per heavy atom. The summed E-state index contributed by atoms with van der Waals surface area (Å²) < 4.78 is 4.82. The number of likely N-dealkylation sites (tertiary alicyclic amines) is 1. The van der Waals surface area contributed by atoms with Crippen molar-refractivity contribution in [3.05, 3.63) is 35.9 Å². The van der Waals surface area contributed by atoms with E-state index in [-0.39, 0.29) is 24.5 Å². The summed E-state index contributed by atoms with van der Waals surface area (Å²) in [5.41, 5.74) is 1.06. The number of benzene rings is 1. The Labute approximate surface area is 125 Å². The molecule has 1 atom stereocenters. The molecular weight excluding hydrogens is 268 g/mol. The molecule has 0 aliphatic carbocycles. The lowest BCUT2D eigenvalue weighted by Gasteiger charge is -2.32. The van der Waals surface area contributed by atoms with Crippen LogP contribution in [0.4, 0.5) is 0 Å². The Bertz CT molecular complexity index is 476. The summed E-state index contributed by atoms with van der Waals surface area (Å²) in [5, 5.41) is 2.89. The molecule has 1 N–H and O–H groups in total. The minimum atomic E-state index is -0.286. The Balaban J connectivity index is 1.84. The fourth-order valence-corrected chi connectivity index (χ4v) is 2.62. The van der Waals surface area contributed by atoms with Crippen LogP contribution < -0.4 is 5.32 Å². The molecule has 0 radical (unpaired) electrons. The summed E-state index contributed by atoms with van der Waals surface area (Å²) in [5.74, 6) is -0.305. The van der Waals surface area contributed by atoms with Gasteiger partial charge in [-0.25, -0.2) is 0 Å². The van der Waals surface area contributed by atoms with Gasteiger partial charge in [0.05, 0.1) is 13.7 Å². The summed E-state index contributed by atoms with van der Waals surface area (Å²) >= 11 is 0. The summed E-state index contributed by atoms with van der Waals surface area (Å²) in [6, 6.07) is 9.49. The molecule has 1 amide bonds. The van der Waals surface area contributed by atoms with Crippen molar-refractivity contribution < 1.29 is 14.3 Å². The van der Waals surface area contributed by atoms with Gasteiger partial charge in [0.15, 0.2) is 0 Å². The van der Waals surface area contributed by atoms with Gasteiger partial charge in [-0.15, -0.1) is 0 Å². The molecule has 0 saturated carbocycles. The van der Waals surface area contributed by atoms with Gasteiger partial charge < -0.3 is 10.1 Å². The molecule has 1 aromatic rings. The number of carbonyl (C=O) groups excluding carboxylic acids is 2. The van der Waals surface area contributed by atoms with Crippen molar-refractivity contribution in [2.75, 3.05) is 20.2 Å². The lowest BCUT2D eigenvalue weighted by atomic mass is 10.0. The second kappa shape index (κ2) is 7.78. The first-order chi connectivity index (χ1) is 10.2. The molecule has 1 aliphatic rings. The number of rotatable bonds is 5. The highest BCUT2D eigenvalue weighted by Crippen LogP contribution is 2.17. The molecule has 114 valence electrons. The van der Waals surface area contributed by atoms with Crippen LogP contribution in [0.1, 0.15) is 24.8 Å². The van der Waals surface area contributed by atoms with Crippen LogP contribution in [-0.2, 0) is 20.9 Å². The van der Waals surface area contributed by atoms with E-state index in [1.807, 2.05) is 35.2 Å². The molecule has 1 saturated heterocycles. The average Bonchev–Trinajstić information content (AvgIpc) is 2.54. The van der Waals surface area contributed by atoms with E-state index in [1.165, 1.54) is 7.11 Å². The zero-order valence-corrected chi connectivity index (χ0v) is 12.4. The van der Waals surface area contributed by atoms with E-state index in [0.29, 0.717) is 6.54 Å². The second-order valence-corrected chi connectivity index (χ2v) is 5.27. The standard InChI is InChI=1S/C16H22N2O3/c1-21-16(20)14-9-5-6-10-18(14)12-15(19)17-11-13-7-3-2-4-8-13/h2-4,7-8,14H,5-6,9-12H2,1H3,(H,17,19). The van der Waals surface area contributed by atoms with Gasteiger partial charge in [-0.2, -0.15) is 0 Å². The number of carbonyl (C=O) groups is 2. The van der Waals surface area contributed by atoms with E-state index in [9.17, 15) is 9.59 Å². The Kier molecular flexibility index (Phi) is 5.75. The van der Waals surface area contributed by atoms with Crippen LogP contribution in [0.2, 0.25) is 0 Å². The number of hydrogen-bond acceptors (Lipinski definition) is 4. The number of nitrogens with one attached hydrogen (secondary N) is 1. The molecule has 0 bridgehead atoms. The Morgan fingerprint density at radius 2 is 2.05 bits per heavy atom. The smallest absolute Gasteiger partial charge is 0.323 e. The van der Waals surface area contributed by atoms with Crippen LogP contribution in [0.5, 0.6) is 0 Å². The number of esters is 1. The van der Waals surface area contributed by atoms with Gasteiger partial charge in [-0.05, 0) is 24.9 Å². The molecule has 5 heteroatoms. The van der Waals surface area contributed by atoms with Crippen molar-refractivity contribution in [2.24, 2.45) is 0 Å². The highest BCUT2D eigenvalue weighted by atomic mass is 16.5. The fourth-order valence-electron chi connectivity index (χ4n) is 2.62. The highest BCUT2D eigenvalue weighted by Gasteiger charge is 2.30. The average molecular weight is 290 g/mol. The van der Waals surface area contributed by atoms with E-state index >= 15 is 0 Å². The van der Waals surface area contributed by atoms with Gasteiger partial charge in [0.1, 0.15) is 6.04 Å². The third-order valence-corrected chi connectivity index (χ3v) is 3.77. The predicted molar refractivity (Wildman–Crippen MR) is 79.5 cm³/mol. The van der Waals surface area contributed by atoms with E-state index in [0.717, 1.165) is 31.4 Å². The van der Waals surface area contributed by atoms with E-state index in [1.54, 1.807) is 0 Å². The van der Waals surface area contributed by atoms with Crippen LogP contribution in [0, 0.1) is 0 Å². The molecular formula is C16H22N2O3. The summed E-state index contributed by atoms with van der Waals surface area (Å²) in [7, 11) is 1.39. The first-order valence-electron chi connectivity index (χ1n) is 7.33. The molecule has 1 heterocycles. The minimum Gasteiger partial charge on any atom is -0.468 e. The lowest BCUT2D eigenvalue weighted by Crippen LogP contribution is -2.49. The lowest BCUT2D eigenvalue weighted by molar-refractivity contribution is -0.148. The topological polar surface area (TPSA) is 58.6 Å². The number of methoxy groups -OCH3 is 1. The first kappa shape index (κ1) is 15.5. The maximum Gasteiger partial charge on any atom is 0.323 e. The van der Waals surface area contributed by atoms with Crippen molar-refractivity contribution >= 4 is 11.9 Å². The van der Waals surface area contributed by atoms with Crippen molar-refractivity contribution in [3.8, 4) is 0 Å². The maximum atomic E-state index is 12.0. The SMILES string of the molecule is COC(=O)C1CCCCN1CC(=O)NCc1ccccc1. The molecule has 0 aromatic heterocycles. The number of nitrogens with zero attached hydrogens (tertiary/aromatic N) is 1. The van der Waals surface area contributed by atoms with Gasteiger partial charge in [-0.1, -0.05) is 36.8 Å². The second-order valence-electron chi connectivity index (χ2n) is 5.27. The summed E-state index contributed by atoms with van der Waals surface area (Å²) in [6.07, 6.45) is 2.78. The van der Waals surface area contributed by atoms with Gasteiger partial charge in [0.25, 0.3) is 0 Å².